The molecule has 1 aromatic heterocycles. The van der Waals surface area contributed by atoms with Gasteiger partial charge in [-0.2, -0.15) is 5.26 Å². The van der Waals surface area contributed by atoms with Crippen LogP contribution in [0.15, 0.2) is 47.6 Å². The van der Waals surface area contributed by atoms with Gasteiger partial charge in [0, 0.05) is 18.9 Å². The standard InChI is InChI=1S/C15H15N3O2S/c1-12-4-5-14(10-16)9-15(12)21(19,20)18-8-6-13-3-2-7-17-11-13/h2-5,7,9,11,18H,6,8H2,1H3. The fraction of sp³-hybridized carbons (Fsp3) is 0.200. The molecule has 6 heteroatoms. The van der Waals surface area contributed by atoms with Crippen molar-refractivity contribution >= 4 is 10.0 Å². The highest BCUT2D eigenvalue weighted by atomic mass is 32.2. The third kappa shape index (κ3) is 3.88. The van der Waals surface area contributed by atoms with Crippen molar-refractivity contribution < 1.29 is 8.42 Å². The molecule has 0 amide bonds. The molecule has 1 heterocycles. The SMILES string of the molecule is Cc1ccc(C#N)cc1S(=O)(=O)NCCc1cccnc1. The maximum atomic E-state index is 12.3. The van der Waals surface area contributed by atoms with Crippen molar-refractivity contribution in [2.45, 2.75) is 18.2 Å². The van der Waals surface area contributed by atoms with Crippen LogP contribution in [0.25, 0.3) is 0 Å². The number of hydrogen-bond donors (Lipinski definition) is 1. The minimum Gasteiger partial charge on any atom is -0.264 e. The van der Waals surface area contributed by atoms with E-state index in [4.69, 9.17) is 5.26 Å². The van der Waals surface area contributed by atoms with Gasteiger partial charge in [0.1, 0.15) is 0 Å². The Bertz CT molecular complexity index is 765. The second kappa shape index (κ2) is 6.48. The van der Waals surface area contributed by atoms with Crippen LogP contribution in [-0.4, -0.2) is 19.9 Å². The Balaban J connectivity index is 2.10. The first-order valence-electron chi connectivity index (χ1n) is 6.42. The van der Waals surface area contributed by atoms with E-state index in [9.17, 15) is 8.42 Å². The Morgan fingerprint density at radius 3 is 2.81 bits per heavy atom. The summed E-state index contributed by atoms with van der Waals surface area (Å²) in [6, 6.07) is 10.3. The highest BCUT2D eigenvalue weighted by molar-refractivity contribution is 7.89. The normalized spacial score (nSPS) is 11.0. The molecule has 0 fully saturated rings. The van der Waals surface area contributed by atoms with E-state index >= 15 is 0 Å². The molecule has 1 aromatic carbocycles. The van der Waals surface area contributed by atoms with Crippen molar-refractivity contribution in [2.24, 2.45) is 0 Å². The largest absolute Gasteiger partial charge is 0.264 e. The minimum atomic E-state index is -3.62. The van der Waals surface area contributed by atoms with E-state index in [1.165, 1.54) is 6.07 Å². The summed E-state index contributed by atoms with van der Waals surface area (Å²) in [6.45, 7) is 1.99. The van der Waals surface area contributed by atoms with Crippen LogP contribution in [0.5, 0.6) is 0 Å². The molecule has 0 saturated heterocycles. The Morgan fingerprint density at radius 1 is 1.33 bits per heavy atom. The third-order valence-electron chi connectivity index (χ3n) is 3.04. The van der Waals surface area contributed by atoms with Gasteiger partial charge in [0.2, 0.25) is 10.0 Å². The van der Waals surface area contributed by atoms with Crippen LogP contribution < -0.4 is 4.72 Å². The summed E-state index contributed by atoms with van der Waals surface area (Å²) in [5.41, 5.74) is 1.90. The van der Waals surface area contributed by atoms with Gasteiger partial charge < -0.3 is 0 Å². The second-order valence-electron chi connectivity index (χ2n) is 4.60. The highest BCUT2D eigenvalue weighted by Gasteiger charge is 2.16. The average molecular weight is 301 g/mol. The Morgan fingerprint density at radius 2 is 2.14 bits per heavy atom. The summed E-state index contributed by atoms with van der Waals surface area (Å²) in [7, 11) is -3.62. The second-order valence-corrected chi connectivity index (χ2v) is 6.34. The summed E-state index contributed by atoms with van der Waals surface area (Å²) in [6.07, 6.45) is 3.93. The number of pyridine rings is 1. The van der Waals surface area contributed by atoms with E-state index in [-0.39, 0.29) is 11.4 Å². The molecule has 2 rings (SSSR count). The summed E-state index contributed by atoms with van der Waals surface area (Å²) >= 11 is 0. The number of nitrogens with one attached hydrogen (secondary N) is 1. The number of nitriles is 1. The molecule has 0 atom stereocenters. The first kappa shape index (κ1) is 15.2. The van der Waals surface area contributed by atoms with Crippen LogP contribution >= 0.6 is 0 Å². The highest BCUT2D eigenvalue weighted by Crippen LogP contribution is 2.16. The molecule has 108 valence electrons. The molecule has 21 heavy (non-hydrogen) atoms. The lowest BCUT2D eigenvalue weighted by atomic mass is 10.2. The first-order valence-corrected chi connectivity index (χ1v) is 7.90. The van der Waals surface area contributed by atoms with Gasteiger partial charge in [-0.1, -0.05) is 12.1 Å². The summed E-state index contributed by atoms with van der Waals surface area (Å²) in [5, 5.41) is 8.87. The van der Waals surface area contributed by atoms with Gasteiger partial charge in [0.05, 0.1) is 16.5 Å². The molecule has 5 nitrogen and oxygen atoms in total. The van der Waals surface area contributed by atoms with Gasteiger partial charge in [-0.25, -0.2) is 13.1 Å². The molecule has 0 spiro atoms. The molecule has 0 bridgehead atoms. The summed E-state index contributed by atoms with van der Waals surface area (Å²) < 4.78 is 27.1. The molecule has 1 N–H and O–H groups in total. The van der Waals surface area contributed by atoms with Crippen molar-refractivity contribution in [1.29, 1.82) is 5.26 Å². The predicted molar refractivity (Wildman–Crippen MR) is 79.0 cm³/mol. The van der Waals surface area contributed by atoms with E-state index in [2.05, 4.69) is 9.71 Å². The van der Waals surface area contributed by atoms with Crippen LogP contribution in [0.1, 0.15) is 16.7 Å². The van der Waals surface area contributed by atoms with Gasteiger partial charge in [-0.05, 0) is 42.7 Å². The van der Waals surface area contributed by atoms with Gasteiger partial charge >= 0.3 is 0 Å². The smallest absolute Gasteiger partial charge is 0.240 e. The van der Waals surface area contributed by atoms with E-state index in [1.54, 1.807) is 31.5 Å². The Kier molecular flexibility index (Phi) is 4.68. The topological polar surface area (TPSA) is 82.8 Å². The fourth-order valence-electron chi connectivity index (χ4n) is 1.91. The van der Waals surface area contributed by atoms with E-state index in [0.717, 1.165) is 5.56 Å². The lowest BCUT2D eigenvalue weighted by Gasteiger charge is -2.09. The van der Waals surface area contributed by atoms with E-state index in [0.29, 0.717) is 17.5 Å². The molecular formula is C15H15N3O2S. The number of rotatable bonds is 5. The zero-order chi connectivity index (χ0) is 15.3. The third-order valence-corrected chi connectivity index (χ3v) is 4.64. The van der Waals surface area contributed by atoms with Crippen molar-refractivity contribution in [3.05, 3.63) is 59.4 Å². The lowest BCUT2D eigenvalue weighted by Crippen LogP contribution is -2.26. The molecule has 0 aliphatic heterocycles. The van der Waals surface area contributed by atoms with Crippen LogP contribution in [0.2, 0.25) is 0 Å². The number of hydrogen-bond acceptors (Lipinski definition) is 4. The summed E-state index contributed by atoms with van der Waals surface area (Å²) in [4.78, 5) is 4.13. The maximum absolute atomic E-state index is 12.3. The molecule has 0 radical (unpaired) electrons. The van der Waals surface area contributed by atoms with E-state index in [1.807, 2.05) is 18.2 Å². The molecule has 0 aliphatic carbocycles. The van der Waals surface area contributed by atoms with Crippen LogP contribution in [-0.2, 0) is 16.4 Å². The van der Waals surface area contributed by atoms with Gasteiger partial charge in [0.25, 0.3) is 0 Å². The molecular weight excluding hydrogens is 286 g/mol. The lowest BCUT2D eigenvalue weighted by molar-refractivity contribution is 0.581. The van der Waals surface area contributed by atoms with Crippen LogP contribution in [0, 0.1) is 18.3 Å². The van der Waals surface area contributed by atoms with Crippen molar-refractivity contribution in [3.8, 4) is 6.07 Å². The van der Waals surface area contributed by atoms with Crippen molar-refractivity contribution in [3.63, 3.8) is 0 Å². The first-order chi connectivity index (χ1) is 10.0. The Labute approximate surface area is 124 Å². The minimum absolute atomic E-state index is 0.146. The molecule has 0 aliphatic rings. The molecule has 0 unspecified atom stereocenters. The number of aryl methyl sites for hydroxylation is 1. The number of sulfonamides is 1. The predicted octanol–water partition coefficient (Wildman–Crippen LogP) is 1.78. The quantitative estimate of drug-likeness (QED) is 0.912. The van der Waals surface area contributed by atoms with Crippen molar-refractivity contribution in [2.75, 3.05) is 6.54 Å². The van der Waals surface area contributed by atoms with E-state index < -0.39 is 10.0 Å². The van der Waals surface area contributed by atoms with Gasteiger partial charge in [-0.3, -0.25) is 4.98 Å². The number of aromatic nitrogens is 1. The zero-order valence-electron chi connectivity index (χ0n) is 11.6. The van der Waals surface area contributed by atoms with Crippen LogP contribution in [0.4, 0.5) is 0 Å². The number of benzene rings is 1. The summed E-state index contributed by atoms with van der Waals surface area (Å²) in [5.74, 6) is 0. The van der Waals surface area contributed by atoms with Crippen LogP contribution in [0.3, 0.4) is 0 Å². The fourth-order valence-corrected chi connectivity index (χ4v) is 3.21. The van der Waals surface area contributed by atoms with Gasteiger partial charge in [-0.15, -0.1) is 0 Å². The molecule has 0 saturated carbocycles. The Hall–Kier alpha value is -2.23. The van der Waals surface area contributed by atoms with Crippen molar-refractivity contribution in [1.82, 2.24) is 9.71 Å². The van der Waals surface area contributed by atoms with Gasteiger partial charge in [0.15, 0.2) is 0 Å². The number of nitrogens with zero attached hydrogens (tertiary/aromatic N) is 2. The monoisotopic (exact) mass is 301 g/mol. The molecule has 2 aromatic rings. The maximum Gasteiger partial charge on any atom is 0.240 e. The zero-order valence-corrected chi connectivity index (χ0v) is 12.4. The average Bonchev–Trinajstić information content (AvgIpc) is 2.48.